The average molecular weight is 489 g/mol. The van der Waals surface area contributed by atoms with Gasteiger partial charge in [-0.05, 0) is 38.5 Å². The van der Waals surface area contributed by atoms with Gasteiger partial charge in [-0.2, -0.15) is 4.98 Å². The molecule has 0 saturated heterocycles. The van der Waals surface area contributed by atoms with Gasteiger partial charge in [-0.25, -0.2) is 9.18 Å². The van der Waals surface area contributed by atoms with Gasteiger partial charge in [0.15, 0.2) is 11.5 Å². The van der Waals surface area contributed by atoms with Crippen molar-refractivity contribution in [3.8, 4) is 11.3 Å². The molecule has 3 aromatic rings. The van der Waals surface area contributed by atoms with E-state index in [9.17, 15) is 18.8 Å². The fraction of sp³-hybridized carbons (Fsp3) is 0.238. The van der Waals surface area contributed by atoms with Crippen LogP contribution in [0.4, 0.5) is 20.9 Å². The molecular weight excluding hydrogens is 469 g/mol. The number of amides is 1. The van der Waals surface area contributed by atoms with Gasteiger partial charge >= 0.3 is 5.97 Å². The quantitative estimate of drug-likeness (QED) is 0.176. The minimum absolute atomic E-state index is 0.0450. The maximum atomic E-state index is 13.5. The highest BCUT2D eigenvalue weighted by Crippen LogP contribution is 2.35. The van der Waals surface area contributed by atoms with Crippen LogP contribution in [0.5, 0.6) is 0 Å². The van der Waals surface area contributed by atoms with Crippen molar-refractivity contribution in [3.63, 3.8) is 0 Å². The van der Waals surface area contributed by atoms with Crippen LogP contribution in [0.1, 0.15) is 39.4 Å². The standard InChI is InChI=1S/C21H18FN5O4S2/c1-4-31-20(30)15-9(2)17(10(3)28)33-19(15)24-14(29)8-32-21-25-18-16(26-27-21)12-7-11(22)5-6-13(12)23-18/h5-7H,4,8H2,1-3H3,(H,24,29)(H,23,25,27)/p+1. The molecule has 170 valence electrons. The summed E-state index contributed by atoms with van der Waals surface area (Å²) in [5, 5.41) is 13.2. The molecule has 9 nitrogen and oxygen atoms in total. The van der Waals surface area contributed by atoms with Crippen LogP contribution in [0.15, 0.2) is 23.4 Å². The van der Waals surface area contributed by atoms with Gasteiger partial charge in [0.1, 0.15) is 16.5 Å². The largest absolute Gasteiger partial charge is 0.462 e. The lowest BCUT2D eigenvalue weighted by atomic mass is 10.1. The predicted octanol–water partition coefficient (Wildman–Crippen LogP) is 3.00. The molecule has 0 atom stereocenters. The van der Waals surface area contributed by atoms with Crippen LogP contribution in [-0.4, -0.2) is 45.2 Å². The van der Waals surface area contributed by atoms with E-state index >= 15 is 0 Å². The molecule has 1 aliphatic rings. The molecule has 4 rings (SSSR count). The molecule has 12 heteroatoms. The summed E-state index contributed by atoms with van der Waals surface area (Å²) in [6, 6.07) is 4.39. The number of fused-ring (bicyclic) bond motifs is 3. The average Bonchev–Trinajstić information content (AvgIpc) is 3.29. The summed E-state index contributed by atoms with van der Waals surface area (Å²) in [7, 11) is 0. The Labute approximate surface area is 196 Å². The number of benzene rings is 1. The third kappa shape index (κ3) is 4.63. The predicted molar refractivity (Wildman–Crippen MR) is 121 cm³/mol. The van der Waals surface area contributed by atoms with Gasteiger partial charge in [0.2, 0.25) is 11.1 Å². The Morgan fingerprint density at radius 3 is 2.79 bits per heavy atom. The van der Waals surface area contributed by atoms with Crippen LogP contribution >= 0.6 is 23.1 Å². The van der Waals surface area contributed by atoms with Crippen LogP contribution < -0.4 is 10.6 Å². The van der Waals surface area contributed by atoms with Crippen molar-refractivity contribution in [1.29, 1.82) is 0 Å². The highest BCUT2D eigenvalue weighted by molar-refractivity contribution is 7.99. The molecule has 33 heavy (non-hydrogen) atoms. The molecule has 2 aromatic heterocycles. The van der Waals surface area contributed by atoms with E-state index in [1.807, 2.05) is 0 Å². The van der Waals surface area contributed by atoms with Crippen molar-refractivity contribution >= 4 is 57.3 Å². The molecule has 3 heterocycles. The second-order valence-corrected chi connectivity index (χ2v) is 9.04. The van der Waals surface area contributed by atoms with Crippen molar-refractivity contribution in [2.24, 2.45) is 0 Å². The number of halogens is 1. The van der Waals surface area contributed by atoms with Crippen LogP contribution in [0.25, 0.3) is 11.3 Å². The second-order valence-electron chi connectivity index (χ2n) is 7.08. The molecule has 0 unspecified atom stereocenters. The number of carbonyl (C=O) groups excluding carboxylic acids is 3. The second kappa shape index (κ2) is 9.33. The minimum atomic E-state index is -0.598. The van der Waals surface area contributed by atoms with Gasteiger partial charge in [0.05, 0.1) is 28.4 Å². The summed E-state index contributed by atoms with van der Waals surface area (Å²) in [4.78, 5) is 41.6. The Balaban J connectivity index is 1.46. The zero-order chi connectivity index (χ0) is 23.7. The highest BCUT2D eigenvalue weighted by Gasteiger charge is 2.29. The highest BCUT2D eigenvalue weighted by atomic mass is 32.2. The minimum Gasteiger partial charge on any atom is -0.462 e. The fourth-order valence-corrected chi connectivity index (χ4v) is 5.06. The molecule has 0 fully saturated rings. The van der Waals surface area contributed by atoms with Crippen molar-refractivity contribution in [2.45, 2.75) is 25.9 Å². The number of thioether (sulfide) groups is 1. The zero-order valence-corrected chi connectivity index (χ0v) is 19.5. The number of anilines is 1. The Kier molecular flexibility index (Phi) is 6.49. The number of carbonyl (C=O) groups is 3. The summed E-state index contributed by atoms with van der Waals surface area (Å²) in [6.07, 6.45) is 0. The third-order valence-corrected chi connectivity index (χ3v) is 6.93. The maximum Gasteiger partial charge on any atom is 0.341 e. The Morgan fingerprint density at radius 2 is 2.06 bits per heavy atom. The van der Waals surface area contributed by atoms with Crippen LogP contribution in [0.2, 0.25) is 0 Å². The van der Waals surface area contributed by atoms with E-state index in [0.717, 1.165) is 28.8 Å². The molecule has 0 spiro atoms. The summed E-state index contributed by atoms with van der Waals surface area (Å²) < 4.78 is 18.6. The van der Waals surface area contributed by atoms with E-state index in [1.54, 1.807) is 25.2 Å². The number of esters is 1. The summed E-state index contributed by atoms with van der Waals surface area (Å²) >= 11 is 2.11. The lowest BCUT2D eigenvalue weighted by Crippen LogP contribution is -2.70. The molecule has 0 radical (unpaired) electrons. The number of ketones is 1. The van der Waals surface area contributed by atoms with Gasteiger partial charge in [-0.3, -0.25) is 14.9 Å². The topological polar surface area (TPSA) is 128 Å². The summed E-state index contributed by atoms with van der Waals surface area (Å²) in [6.45, 7) is 4.89. The number of hydrogen-bond donors (Lipinski definition) is 2. The first-order valence-corrected chi connectivity index (χ1v) is 11.7. The molecule has 3 N–H and O–H groups in total. The van der Waals surface area contributed by atoms with E-state index in [-0.39, 0.29) is 39.7 Å². The molecule has 0 aliphatic carbocycles. The number of thiophene rings is 1. The fourth-order valence-electron chi connectivity index (χ4n) is 3.36. The first-order valence-electron chi connectivity index (χ1n) is 9.92. The number of nitrogens with two attached hydrogens (primary N) is 1. The van der Waals surface area contributed by atoms with Gasteiger partial charge in [-0.1, -0.05) is 11.8 Å². The third-order valence-electron chi connectivity index (χ3n) is 4.79. The normalized spacial score (nSPS) is 11.6. The Hall–Kier alpha value is -3.22. The van der Waals surface area contributed by atoms with Crippen molar-refractivity contribution in [2.75, 3.05) is 17.7 Å². The Bertz CT molecular complexity index is 1290. The van der Waals surface area contributed by atoms with Gasteiger partial charge in [-0.15, -0.1) is 21.5 Å². The Morgan fingerprint density at radius 1 is 1.27 bits per heavy atom. The number of quaternary nitrogens is 1. The number of aromatic nitrogens is 3. The first kappa shape index (κ1) is 23.0. The van der Waals surface area contributed by atoms with Crippen molar-refractivity contribution < 1.29 is 28.8 Å². The summed E-state index contributed by atoms with van der Waals surface area (Å²) in [5.74, 6) is -1.06. The van der Waals surface area contributed by atoms with Gasteiger partial charge < -0.3 is 10.1 Å². The van der Waals surface area contributed by atoms with Gasteiger partial charge in [0.25, 0.3) is 5.82 Å². The van der Waals surface area contributed by atoms with Crippen LogP contribution in [0, 0.1) is 12.7 Å². The molecule has 0 saturated carbocycles. The molecule has 1 amide bonds. The van der Waals surface area contributed by atoms with E-state index in [1.165, 1.54) is 19.1 Å². The smallest absolute Gasteiger partial charge is 0.341 e. The molecular formula is C21H19FN5O4S2+. The van der Waals surface area contributed by atoms with E-state index in [0.29, 0.717) is 27.5 Å². The van der Waals surface area contributed by atoms with E-state index in [4.69, 9.17) is 4.74 Å². The number of nitrogens with one attached hydrogen (secondary N) is 1. The first-order chi connectivity index (χ1) is 15.8. The number of ether oxygens (including phenoxy) is 1. The van der Waals surface area contributed by atoms with E-state index < -0.39 is 11.9 Å². The summed E-state index contributed by atoms with van der Waals surface area (Å²) in [5.41, 5.74) is 2.57. The number of hydrogen-bond acceptors (Lipinski definition) is 9. The van der Waals surface area contributed by atoms with Crippen molar-refractivity contribution in [1.82, 2.24) is 15.2 Å². The maximum absolute atomic E-state index is 13.5. The lowest BCUT2D eigenvalue weighted by molar-refractivity contribution is -0.478. The molecule has 1 aliphatic heterocycles. The van der Waals surface area contributed by atoms with E-state index in [2.05, 4.69) is 20.5 Å². The van der Waals surface area contributed by atoms with Crippen LogP contribution in [0.3, 0.4) is 0 Å². The SMILES string of the molecule is CCOC(=O)c1c(NC(=O)CSc2nnc3c(n2)[NH2+]c2ccc(F)cc2-3)sc(C(C)=O)c1C. The zero-order valence-electron chi connectivity index (χ0n) is 17.9. The lowest BCUT2D eigenvalue weighted by Gasteiger charge is -2.07. The monoisotopic (exact) mass is 488 g/mol. The van der Waals surface area contributed by atoms with Crippen molar-refractivity contribution in [3.05, 3.63) is 40.0 Å². The molecule has 0 bridgehead atoms. The number of nitrogens with zero attached hydrogens (tertiary/aromatic N) is 3. The number of Topliss-reactive ketones (excluding diaryl/α,β-unsaturated/α-hetero) is 1. The van der Waals surface area contributed by atoms with Gasteiger partial charge in [0, 0.05) is 6.07 Å². The molecule has 1 aromatic carbocycles. The van der Waals surface area contributed by atoms with Crippen LogP contribution in [-0.2, 0) is 9.53 Å². The number of rotatable bonds is 7.